The summed E-state index contributed by atoms with van der Waals surface area (Å²) in [5, 5.41) is 28.6. The molecule has 0 aliphatic rings. The molecule has 2 aromatic carbocycles. The van der Waals surface area contributed by atoms with Gasteiger partial charge in [-0.3, -0.25) is 4.57 Å². The molecular weight excluding hydrogens is 428 g/mol. The van der Waals surface area contributed by atoms with Gasteiger partial charge < -0.3 is 15.5 Å². The van der Waals surface area contributed by atoms with Crippen LogP contribution in [0.1, 0.15) is 0 Å². The Bertz CT molecular complexity index is 1320. The third-order valence-electron chi connectivity index (χ3n) is 4.26. The summed E-state index contributed by atoms with van der Waals surface area (Å²) in [4.78, 5) is 11.1. The number of benzene rings is 2. The van der Waals surface area contributed by atoms with Crippen LogP contribution < -0.4 is 5.32 Å². The fourth-order valence-corrected chi connectivity index (χ4v) is 4.77. The highest BCUT2D eigenvalue weighted by Gasteiger charge is 2.18. The topological polar surface area (TPSA) is 133 Å². The van der Waals surface area contributed by atoms with Crippen molar-refractivity contribution in [3.05, 3.63) is 71.0 Å². The molecule has 2 heterocycles. The van der Waals surface area contributed by atoms with Crippen LogP contribution in [0.5, 0.6) is 11.8 Å². The van der Waals surface area contributed by atoms with E-state index in [2.05, 4.69) is 14.9 Å². The Morgan fingerprint density at radius 1 is 0.933 bits per heavy atom. The molecule has 0 bridgehead atoms. The monoisotopic (exact) mass is 442 g/mol. The minimum Gasteiger partial charge on any atom is -0.494 e. The van der Waals surface area contributed by atoms with Gasteiger partial charge >= 0.3 is 0 Å². The van der Waals surface area contributed by atoms with Crippen molar-refractivity contribution in [2.75, 3.05) is 5.32 Å². The van der Waals surface area contributed by atoms with Crippen molar-refractivity contribution in [3.63, 3.8) is 0 Å². The Hall–Kier alpha value is -3.70. The predicted octanol–water partition coefficient (Wildman–Crippen LogP) is 4.03. The number of aromatic nitrogens is 1. The molecule has 0 fully saturated rings. The molecule has 0 saturated carbocycles. The van der Waals surface area contributed by atoms with Crippen LogP contribution in [0.15, 0.2) is 79.8 Å². The van der Waals surface area contributed by atoms with Crippen molar-refractivity contribution in [1.29, 1.82) is 0 Å². The van der Waals surface area contributed by atoms with E-state index in [0.29, 0.717) is 22.1 Å². The number of guanidine groups is 1. The molecule has 0 spiro atoms. The average molecular weight is 442 g/mol. The van der Waals surface area contributed by atoms with Gasteiger partial charge in [0.25, 0.3) is 16.0 Å². The Morgan fingerprint density at radius 3 is 2.10 bits per heavy atom. The Morgan fingerprint density at radius 2 is 1.57 bits per heavy atom. The molecule has 0 saturated heterocycles. The summed E-state index contributed by atoms with van der Waals surface area (Å²) in [6.07, 6.45) is 0. The lowest BCUT2D eigenvalue weighted by Gasteiger charge is -2.09. The first-order chi connectivity index (χ1) is 14.4. The summed E-state index contributed by atoms with van der Waals surface area (Å²) in [7, 11) is -4.05. The summed E-state index contributed by atoms with van der Waals surface area (Å²) >= 11 is 0.976. The Kier molecular flexibility index (Phi) is 4.98. The summed E-state index contributed by atoms with van der Waals surface area (Å²) in [6.45, 7) is 0. The second kappa shape index (κ2) is 7.61. The summed E-state index contributed by atoms with van der Waals surface area (Å²) in [5.41, 5.74) is 0.796. The predicted molar refractivity (Wildman–Crippen MR) is 115 cm³/mol. The molecule has 4 rings (SSSR count). The largest absolute Gasteiger partial charge is 0.494 e. The highest BCUT2D eigenvalue weighted by atomic mass is 32.2. The molecule has 30 heavy (non-hydrogen) atoms. The zero-order valence-corrected chi connectivity index (χ0v) is 16.8. The Balaban J connectivity index is 1.63. The van der Waals surface area contributed by atoms with E-state index in [1.807, 2.05) is 0 Å². The molecule has 0 atom stereocenters. The number of rotatable bonds is 4. The van der Waals surface area contributed by atoms with Crippen LogP contribution in [0.4, 0.5) is 5.69 Å². The maximum Gasteiger partial charge on any atom is 0.295 e. The molecule has 0 aliphatic heterocycles. The van der Waals surface area contributed by atoms with Crippen LogP contribution >= 0.6 is 11.3 Å². The van der Waals surface area contributed by atoms with Gasteiger partial charge in [0.05, 0.1) is 5.69 Å². The minimum atomic E-state index is -4.05. The number of hydrogen-bond acceptors (Lipinski definition) is 6. The lowest BCUT2D eigenvalue weighted by molar-refractivity contribution is 0.406. The van der Waals surface area contributed by atoms with Crippen molar-refractivity contribution in [1.82, 2.24) is 4.57 Å². The number of thiophene rings is 1. The molecular formula is C19H14N4O5S2. The summed E-state index contributed by atoms with van der Waals surface area (Å²) < 4.78 is 29.0. The maximum absolute atomic E-state index is 12.2. The van der Waals surface area contributed by atoms with Gasteiger partial charge in [0.1, 0.15) is 4.21 Å². The lowest BCUT2D eigenvalue weighted by atomic mass is 10.2. The molecule has 0 unspecified atom stereocenters. The van der Waals surface area contributed by atoms with Gasteiger partial charge in [-0.05, 0) is 47.8 Å². The number of anilines is 1. The van der Waals surface area contributed by atoms with E-state index in [1.165, 1.54) is 22.8 Å². The second-order valence-electron chi connectivity index (χ2n) is 6.11. The molecule has 0 aliphatic carbocycles. The third-order valence-corrected chi connectivity index (χ3v) is 6.90. The number of hydrogen-bond donors (Lipinski definition) is 3. The van der Waals surface area contributed by atoms with E-state index in [0.717, 1.165) is 11.3 Å². The van der Waals surface area contributed by atoms with Crippen LogP contribution in [0.25, 0.3) is 16.5 Å². The maximum atomic E-state index is 12.2. The van der Waals surface area contributed by atoms with E-state index in [4.69, 9.17) is 0 Å². The van der Waals surface area contributed by atoms with Gasteiger partial charge in [-0.2, -0.15) is 8.42 Å². The van der Waals surface area contributed by atoms with Crippen molar-refractivity contribution in [3.8, 4) is 17.4 Å². The van der Waals surface area contributed by atoms with Gasteiger partial charge in [-0.25, -0.2) is 0 Å². The molecule has 9 nitrogen and oxygen atoms in total. The first-order valence-corrected chi connectivity index (χ1v) is 10.8. The first-order valence-electron chi connectivity index (χ1n) is 8.51. The molecule has 2 aromatic heterocycles. The fraction of sp³-hybridized carbons (Fsp3) is 0. The number of sulfonamides is 1. The molecule has 0 radical (unpaired) electrons. The quantitative estimate of drug-likeness (QED) is 0.248. The first kappa shape index (κ1) is 19.6. The molecule has 3 N–H and O–H groups in total. The van der Waals surface area contributed by atoms with E-state index in [-0.39, 0.29) is 16.0 Å². The van der Waals surface area contributed by atoms with Crippen LogP contribution in [0.3, 0.4) is 0 Å². The van der Waals surface area contributed by atoms with Gasteiger partial charge in [0.2, 0.25) is 11.8 Å². The molecule has 4 aromatic rings. The minimum absolute atomic E-state index is 0.00794. The number of nitrogens with one attached hydrogen (secondary N) is 1. The van der Waals surface area contributed by atoms with Gasteiger partial charge in [-0.1, -0.05) is 18.2 Å². The SMILES string of the molecule is O=NC(=NS(=O)(=O)c1cccs1)Nc1ccc(-n2c(O)c3ccccc3c2O)cc1. The highest BCUT2D eigenvalue weighted by molar-refractivity contribution is 7.92. The van der Waals surface area contributed by atoms with Gasteiger partial charge in [0.15, 0.2) is 0 Å². The number of aromatic hydroxyl groups is 2. The smallest absolute Gasteiger partial charge is 0.295 e. The normalized spacial score (nSPS) is 12.2. The van der Waals surface area contributed by atoms with E-state index < -0.39 is 16.0 Å². The third kappa shape index (κ3) is 3.51. The van der Waals surface area contributed by atoms with E-state index >= 15 is 0 Å². The summed E-state index contributed by atoms with van der Waals surface area (Å²) in [6, 6.07) is 16.0. The second-order valence-corrected chi connectivity index (χ2v) is 8.89. The summed E-state index contributed by atoms with van der Waals surface area (Å²) in [5.74, 6) is -0.862. The van der Waals surface area contributed by atoms with Gasteiger partial charge in [-0.15, -0.1) is 20.6 Å². The van der Waals surface area contributed by atoms with Gasteiger partial charge in [0, 0.05) is 21.6 Å². The van der Waals surface area contributed by atoms with Crippen LogP contribution in [0.2, 0.25) is 0 Å². The average Bonchev–Trinajstić information content (AvgIpc) is 3.37. The number of nitrogens with zero attached hydrogens (tertiary/aromatic N) is 3. The van der Waals surface area contributed by atoms with Crippen LogP contribution in [0, 0.1) is 4.91 Å². The van der Waals surface area contributed by atoms with Crippen molar-refractivity contribution < 1.29 is 18.6 Å². The molecule has 11 heteroatoms. The van der Waals surface area contributed by atoms with Crippen LogP contribution in [-0.4, -0.2) is 29.2 Å². The van der Waals surface area contributed by atoms with E-state index in [1.54, 1.807) is 47.8 Å². The molecule has 0 amide bonds. The van der Waals surface area contributed by atoms with Crippen LogP contribution in [-0.2, 0) is 10.0 Å². The lowest BCUT2D eigenvalue weighted by Crippen LogP contribution is -2.11. The zero-order valence-electron chi connectivity index (χ0n) is 15.1. The number of fused-ring (bicyclic) bond motifs is 1. The fourth-order valence-electron chi connectivity index (χ4n) is 2.91. The van der Waals surface area contributed by atoms with Crippen molar-refractivity contribution >= 4 is 43.8 Å². The van der Waals surface area contributed by atoms with E-state index in [9.17, 15) is 23.5 Å². The highest BCUT2D eigenvalue weighted by Crippen LogP contribution is 2.38. The number of nitroso groups, excluding NO2 is 1. The molecule has 152 valence electrons. The van der Waals surface area contributed by atoms with Crippen molar-refractivity contribution in [2.45, 2.75) is 4.21 Å². The zero-order chi connectivity index (χ0) is 21.3. The van der Waals surface area contributed by atoms with Crippen molar-refractivity contribution in [2.24, 2.45) is 9.57 Å². The Labute approximate surface area is 174 Å². The standard InChI is InChI=1S/C19H14N4O5S2/c24-17-14-4-1-2-5-15(14)18(25)23(17)13-9-7-12(8-10-13)20-19(21-26)22-30(27,28)16-6-3-11-29-16/h1-11,24-25H,(H,20,22).